The molecule has 2 aromatic heterocycles. The van der Waals surface area contributed by atoms with Gasteiger partial charge in [-0.3, -0.25) is 9.58 Å². The fraction of sp³-hybridized carbons (Fsp3) is 0.394. The van der Waals surface area contributed by atoms with Crippen molar-refractivity contribution < 1.29 is 37.0 Å². The van der Waals surface area contributed by atoms with Gasteiger partial charge in [0.1, 0.15) is 22.9 Å². The number of cyclic esters (lactones) is 1. The van der Waals surface area contributed by atoms with Gasteiger partial charge in [0.15, 0.2) is 0 Å². The smallest absolute Gasteiger partial charge is 0.430 e. The zero-order chi connectivity index (χ0) is 32.8. The number of fused-ring (bicyclic) bond motifs is 2. The van der Waals surface area contributed by atoms with Crippen molar-refractivity contribution in [3.63, 3.8) is 0 Å². The average molecular weight is 638 g/mol. The fourth-order valence-electron chi connectivity index (χ4n) is 5.92. The van der Waals surface area contributed by atoms with Crippen LogP contribution >= 0.6 is 0 Å². The van der Waals surface area contributed by atoms with Gasteiger partial charge in [-0.25, -0.2) is 14.6 Å². The lowest BCUT2D eigenvalue weighted by atomic mass is 9.97. The van der Waals surface area contributed by atoms with Gasteiger partial charge in [-0.1, -0.05) is 30.3 Å². The molecule has 0 radical (unpaired) electrons. The molecule has 1 fully saturated rings. The summed E-state index contributed by atoms with van der Waals surface area (Å²) < 4.78 is 61.2. The van der Waals surface area contributed by atoms with E-state index in [0.717, 1.165) is 10.4 Å². The predicted octanol–water partition coefficient (Wildman–Crippen LogP) is 7.44. The standard InChI is InChI=1S/C33H34F3N5O5/c1-32(2,3)46-30(42)39-17-14-21(15-18-39)41-25-8-6-5-7-23(25)27(38-41)24-13-16-37-29-26(24)28(33(34,35)36)45-31(43)40(29)19-20-9-11-22(44-4)12-10-20/h5-13,16,21,28H,14-15,17-19H2,1-4H3/t28-/m1/s1. The van der Waals surface area contributed by atoms with Gasteiger partial charge in [0.25, 0.3) is 0 Å². The number of anilines is 1. The van der Waals surface area contributed by atoms with Gasteiger partial charge in [0.2, 0.25) is 6.10 Å². The number of likely N-dealkylation sites (tertiary alicyclic amines) is 1. The monoisotopic (exact) mass is 637 g/mol. The van der Waals surface area contributed by atoms with E-state index >= 15 is 0 Å². The molecule has 0 spiro atoms. The molecule has 6 rings (SSSR count). The normalized spacial score (nSPS) is 17.5. The molecule has 2 aliphatic heterocycles. The van der Waals surface area contributed by atoms with E-state index < -0.39 is 24.0 Å². The number of rotatable bonds is 5. The summed E-state index contributed by atoms with van der Waals surface area (Å²) in [5.74, 6) is 0.456. The zero-order valence-corrected chi connectivity index (χ0v) is 25.9. The summed E-state index contributed by atoms with van der Waals surface area (Å²) >= 11 is 0. The number of hydrogen-bond acceptors (Lipinski definition) is 7. The number of carbonyl (C=O) groups excluding carboxylic acids is 2. The van der Waals surface area contributed by atoms with Crippen LogP contribution in [-0.2, 0) is 16.0 Å². The molecule has 10 nitrogen and oxygen atoms in total. The van der Waals surface area contributed by atoms with E-state index in [-0.39, 0.29) is 35.6 Å². The van der Waals surface area contributed by atoms with Crippen molar-refractivity contribution in [2.24, 2.45) is 0 Å². The Morgan fingerprint density at radius 3 is 2.37 bits per heavy atom. The summed E-state index contributed by atoms with van der Waals surface area (Å²) in [6, 6.07) is 15.5. The zero-order valence-electron chi connectivity index (χ0n) is 25.9. The summed E-state index contributed by atoms with van der Waals surface area (Å²) in [4.78, 5) is 32.7. The molecule has 1 atom stereocenters. The predicted molar refractivity (Wildman–Crippen MR) is 163 cm³/mol. The average Bonchev–Trinajstić information content (AvgIpc) is 3.40. The molecule has 0 N–H and O–H groups in total. The summed E-state index contributed by atoms with van der Waals surface area (Å²) in [6.07, 6.45) is -6.43. The molecule has 0 saturated carbocycles. The number of benzene rings is 2. The molecule has 242 valence electrons. The largest absolute Gasteiger partial charge is 0.497 e. The quantitative estimate of drug-likeness (QED) is 0.224. The maximum absolute atomic E-state index is 14.5. The fourth-order valence-corrected chi connectivity index (χ4v) is 5.92. The first kappa shape index (κ1) is 31.2. The van der Waals surface area contributed by atoms with E-state index in [1.165, 1.54) is 19.4 Å². The van der Waals surface area contributed by atoms with Gasteiger partial charge in [0.05, 0.1) is 30.8 Å². The van der Waals surface area contributed by atoms with Crippen molar-refractivity contribution in [2.45, 2.75) is 64.1 Å². The van der Waals surface area contributed by atoms with Gasteiger partial charge in [-0.05, 0) is 63.4 Å². The Morgan fingerprint density at radius 1 is 1.02 bits per heavy atom. The number of hydrogen-bond donors (Lipinski definition) is 0. The number of aromatic nitrogens is 3. The molecule has 0 bridgehead atoms. The van der Waals surface area contributed by atoms with Crippen LogP contribution in [0.5, 0.6) is 5.75 Å². The number of nitrogens with zero attached hydrogens (tertiary/aromatic N) is 5. The minimum Gasteiger partial charge on any atom is -0.497 e. The van der Waals surface area contributed by atoms with Gasteiger partial charge < -0.3 is 19.1 Å². The van der Waals surface area contributed by atoms with Crippen molar-refractivity contribution in [1.29, 1.82) is 0 Å². The molecular formula is C33H34F3N5O5. The summed E-state index contributed by atoms with van der Waals surface area (Å²) in [6.45, 7) is 6.27. The molecule has 0 aliphatic carbocycles. The third kappa shape index (κ3) is 6.05. The van der Waals surface area contributed by atoms with Crippen LogP contribution in [0.15, 0.2) is 60.8 Å². The van der Waals surface area contributed by atoms with E-state index in [1.54, 1.807) is 35.2 Å². The van der Waals surface area contributed by atoms with E-state index in [1.807, 2.05) is 43.7 Å². The molecule has 2 aliphatic rings. The Labute approximate surface area is 263 Å². The van der Waals surface area contributed by atoms with Crippen molar-refractivity contribution >= 4 is 28.9 Å². The van der Waals surface area contributed by atoms with Crippen molar-refractivity contribution in [1.82, 2.24) is 19.7 Å². The molecule has 4 heterocycles. The summed E-state index contributed by atoms with van der Waals surface area (Å²) in [5, 5.41) is 5.54. The van der Waals surface area contributed by atoms with Crippen molar-refractivity contribution in [3.05, 3.63) is 71.9 Å². The SMILES string of the molecule is COc1ccc(CN2C(=O)O[C@@H](C(F)(F)F)c3c(-c4nn(C5CCN(C(=O)OC(C)(C)C)CC5)c5ccccc45)ccnc32)cc1. The Bertz CT molecular complexity index is 1760. The molecule has 4 aromatic rings. The highest BCUT2D eigenvalue weighted by Gasteiger charge is 2.51. The van der Waals surface area contributed by atoms with E-state index in [0.29, 0.717) is 48.3 Å². The third-order valence-corrected chi connectivity index (χ3v) is 8.05. The van der Waals surface area contributed by atoms with Crippen LogP contribution < -0.4 is 9.64 Å². The number of para-hydroxylation sites is 1. The molecule has 13 heteroatoms. The Balaban J connectivity index is 1.39. The van der Waals surface area contributed by atoms with Crippen LogP contribution in [-0.4, -0.2) is 63.8 Å². The first-order valence-corrected chi connectivity index (χ1v) is 15.0. The second kappa shape index (κ2) is 11.8. The lowest BCUT2D eigenvalue weighted by molar-refractivity contribution is -0.207. The van der Waals surface area contributed by atoms with Crippen LogP contribution in [0.4, 0.5) is 28.6 Å². The van der Waals surface area contributed by atoms with Gasteiger partial charge in [-0.15, -0.1) is 0 Å². The maximum Gasteiger partial charge on any atom is 0.430 e. The minimum absolute atomic E-state index is 0.0672. The van der Waals surface area contributed by atoms with Gasteiger partial charge in [-0.2, -0.15) is 18.3 Å². The van der Waals surface area contributed by atoms with Crippen LogP contribution in [0.1, 0.15) is 56.9 Å². The number of carbonyl (C=O) groups is 2. The number of halogens is 3. The van der Waals surface area contributed by atoms with Crippen molar-refractivity contribution in [3.8, 4) is 17.0 Å². The number of alkyl halides is 3. The Morgan fingerprint density at radius 2 is 1.72 bits per heavy atom. The highest BCUT2D eigenvalue weighted by molar-refractivity contribution is 5.97. The first-order valence-electron chi connectivity index (χ1n) is 15.0. The van der Waals surface area contributed by atoms with E-state index in [9.17, 15) is 22.8 Å². The van der Waals surface area contributed by atoms with E-state index in [2.05, 4.69) is 4.98 Å². The minimum atomic E-state index is -4.90. The topological polar surface area (TPSA) is 99.0 Å². The van der Waals surface area contributed by atoms with Crippen molar-refractivity contribution in [2.75, 3.05) is 25.1 Å². The van der Waals surface area contributed by atoms with Crippen LogP contribution in [0.3, 0.4) is 0 Å². The molecule has 1 saturated heterocycles. The Hall–Kier alpha value is -4.81. The number of methoxy groups -OCH3 is 1. The third-order valence-electron chi connectivity index (χ3n) is 8.05. The Kier molecular flexibility index (Phi) is 8.03. The van der Waals surface area contributed by atoms with Gasteiger partial charge in [0, 0.05) is 30.2 Å². The molecule has 46 heavy (non-hydrogen) atoms. The van der Waals surface area contributed by atoms with Crippen LogP contribution in [0.25, 0.3) is 22.2 Å². The molecular weight excluding hydrogens is 603 g/mol. The van der Waals surface area contributed by atoms with Crippen LogP contribution in [0, 0.1) is 0 Å². The number of pyridine rings is 1. The summed E-state index contributed by atoms with van der Waals surface area (Å²) in [7, 11) is 1.52. The highest BCUT2D eigenvalue weighted by Crippen LogP contribution is 2.48. The second-order valence-corrected chi connectivity index (χ2v) is 12.3. The maximum atomic E-state index is 14.5. The second-order valence-electron chi connectivity index (χ2n) is 12.3. The number of ether oxygens (including phenoxy) is 3. The number of piperidine rings is 1. The number of amides is 2. The van der Waals surface area contributed by atoms with Gasteiger partial charge >= 0.3 is 18.4 Å². The summed E-state index contributed by atoms with van der Waals surface area (Å²) in [5.41, 5.74) is 0.982. The molecule has 2 amide bonds. The highest BCUT2D eigenvalue weighted by atomic mass is 19.4. The first-order chi connectivity index (χ1) is 21.8. The molecule has 2 aromatic carbocycles. The van der Waals surface area contributed by atoms with E-state index in [4.69, 9.17) is 19.3 Å². The van der Waals surface area contributed by atoms with Crippen LogP contribution in [0.2, 0.25) is 0 Å². The lowest BCUT2D eigenvalue weighted by Gasteiger charge is -2.34. The lowest BCUT2D eigenvalue weighted by Crippen LogP contribution is -2.42. The molecule has 0 unspecified atom stereocenters.